The molecule has 1 fully saturated rings. The second-order valence-electron chi connectivity index (χ2n) is 8.82. The van der Waals surface area contributed by atoms with Crippen LogP contribution in [-0.2, 0) is 22.5 Å². The van der Waals surface area contributed by atoms with Crippen LogP contribution in [0.5, 0.6) is 5.75 Å². The molecule has 2 aromatic heterocycles. The molecule has 1 aromatic carbocycles. The topological polar surface area (TPSA) is 90.7 Å². The van der Waals surface area contributed by atoms with E-state index in [1.54, 1.807) is 13.1 Å². The van der Waals surface area contributed by atoms with Gasteiger partial charge in [0, 0.05) is 36.9 Å². The first-order valence-electron chi connectivity index (χ1n) is 12.1. The summed E-state index contributed by atoms with van der Waals surface area (Å²) in [7, 11) is 0. The molecule has 0 aliphatic heterocycles. The van der Waals surface area contributed by atoms with Gasteiger partial charge < -0.3 is 19.1 Å². The lowest BCUT2D eigenvalue weighted by Gasteiger charge is -2.20. The van der Waals surface area contributed by atoms with E-state index in [9.17, 15) is 14.7 Å². The van der Waals surface area contributed by atoms with E-state index in [1.807, 2.05) is 42.6 Å². The third kappa shape index (κ3) is 5.83. The van der Waals surface area contributed by atoms with Crippen LogP contribution in [-0.4, -0.2) is 45.7 Å². The molecular weight excluding hydrogens is 432 g/mol. The quantitative estimate of drug-likeness (QED) is 0.406. The monoisotopic (exact) mass is 464 g/mol. The Morgan fingerprint density at radius 3 is 2.62 bits per heavy atom. The first kappa shape index (κ1) is 24.0. The van der Waals surface area contributed by atoms with Crippen LogP contribution in [0, 0.1) is 5.92 Å². The number of carboxylic acids is 1. The zero-order valence-electron chi connectivity index (χ0n) is 19.6. The zero-order valence-corrected chi connectivity index (χ0v) is 19.6. The van der Waals surface area contributed by atoms with Crippen molar-refractivity contribution >= 4 is 22.8 Å². The summed E-state index contributed by atoms with van der Waals surface area (Å²) in [6.07, 6.45) is 8.60. The van der Waals surface area contributed by atoms with E-state index in [2.05, 4.69) is 9.55 Å². The van der Waals surface area contributed by atoms with Crippen molar-refractivity contribution in [2.24, 2.45) is 5.92 Å². The Balaban J connectivity index is 1.35. The summed E-state index contributed by atoms with van der Waals surface area (Å²) >= 11 is 0. The number of nitrogens with zero attached hydrogens (tertiary/aromatic N) is 2. The van der Waals surface area contributed by atoms with Gasteiger partial charge in [0.1, 0.15) is 12.4 Å². The number of carbonyl (C=O) groups excluding carboxylic acids is 1. The van der Waals surface area contributed by atoms with Crippen LogP contribution in [0.3, 0.4) is 0 Å². The number of aromatic nitrogens is 2. The zero-order chi connectivity index (χ0) is 23.9. The van der Waals surface area contributed by atoms with Gasteiger partial charge in [0.05, 0.1) is 17.6 Å². The highest BCUT2D eigenvalue weighted by Gasteiger charge is 2.23. The number of aliphatic carboxylic acids is 1. The van der Waals surface area contributed by atoms with Crippen molar-refractivity contribution in [1.29, 1.82) is 0 Å². The van der Waals surface area contributed by atoms with E-state index >= 15 is 0 Å². The van der Waals surface area contributed by atoms with Gasteiger partial charge in [0.25, 0.3) is 0 Å². The molecular formula is C27H32N2O5. The summed E-state index contributed by atoms with van der Waals surface area (Å²) in [4.78, 5) is 28.7. The van der Waals surface area contributed by atoms with E-state index in [0.717, 1.165) is 48.0 Å². The number of hydrogen-bond donors (Lipinski definition) is 1. The smallest absolute Gasteiger partial charge is 0.333 e. The lowest BCUT2D eigenvalue weighted by atomic mass is 9.84. The molecule has 1 atom stereocenters. The summed E-state index contributed by atoms with van der Waals surface area (Å²) in [5, 5.41) is 9.24. The molecule has 2 heterocycles. The fourth-order valence-corrected chi connectivity index (χ4v) is 4.61. The van der Waals surface area contributed by atoms with E-state index in [0.29, 0.717) is 31.7 Å². The average Bonchev–Trinajstić information content (AvgIpc) is 3.27. The molecule has 4 rings (SSSR count). The predicted octanol–water partition coefficient (Wildman–Crippen LogP) is 4.91. The Bertz CT molecular complexity index is 1120. The molecule has 1 aliphatic carbocycles. The van der Waals surface area contributed by atoms with Crippen molar-refractivity contribution < 1.29 is 24.2 Å². The minimum Gasteiger partial charge on any atom is -0.492 e. The predicted molar refractivity (Wildman–Crippen MR) is 129 cm³/mol. The Labute approximate surface area is 199 Å². The second kappa shape index (κ2) is 11.3. The molecule has 1 N–H and O–H groups in total. The molecule has 0 amide bonds. The van der Waals surface area contributed by atoms with Crippen molar-refractivity contribution in [1.82, 2.24) is 9.55 Å². The largest absolute Gasteiger partial charge is 0.492 e. The summed E-state index contributed by atoms with van der Waals surface area (Å²) < 4.78 is 13.2. The summed E-state index contributed by atoms with van der Waals surface area (Å²) in [6.45, 7) is 3.23. The van der Waals surface area contributed by atoms with Crippen molar-refractivity contribution in [3.63, 3.8) is 0 Å². The molecule has 0 bridgehead atoms. The van der Waals surface area contributed by atoms with Crippen LogP contribution < -0.4 is 4.74 Å². The number of fused-ring (bicyclic) bond motifs is 1. The van der Waals surface area contributed by atoms with Crippen molar-refractivity contribution in [3.05, 3.63) is 59.9 Å². The maximum atomic E-state index is 12.9. The van der Waals surface area contributed by atoms with Gasteiger partial charge in [-0.15, -0.1) is 0 Å². The maximum Gasteiger partial charge on any atom is 0.333 e. The number of hydrogen-bond acceptors (Lipinski definition) is 5. The van der Waals surface area contributed by atoms with E-state index in [4.69, 9.17) is 9.47 Å². The van der Waals surface area contributed by atoms with Crippen molar-refractivity contribution in [2.45, 2.75) is 58.1 Å². The minimum absolute atomic E-state index is 0.127. The molecule has 180 valence electrons. The van der Waals surface area contributed by atoms with Crippen LogP contribution in [0.15, 0.2) is 48.8 Å². The first-order chi connectivity index (χ1) is 16.5. The number of carbonyl (C=O) groups is 2. The summed E-state index contributed by atoms with van der Waals surface area (Å²) in [5.41, 5.74) is 3.39. The van der Waals surface area contributed by atoms with Gasteiger partial charge in [0.2, 0.25) is 0 Å². The van der Waals surface area contributed by atoms with Crippen LogP contribution in [0.1, 0.15) is 54.9 Å². The number of ketones is 1. The van der Waals surface area contributed by atoms with Gasteiger partial charge in [-0.05, 0) is 49.6 Å². The molecule has 0 saturated heterocycles. The van der Waals surface area contributed by atoms with Crippen molar-refractivity contribution in [2.75, 3.05) is 13.2 Å². The third-order valence-electron chi connectivity index (χ3n) is 6.47. The van der Waals surface area contributed by atoms with E-state index in [-0.39, 0.29) is 11.7 Å². The number of ether oxygens (including phenoxy) is 2. The van der Waals surface area contributed by atoms with Gasteiger partial charge >= 0.3 is 5.97 Å². The number of rotatable bonds is 11. The number of carboxylic acid groups (broad SMARTS) is 1. The number of benzene rings is 1. The third-order valence-corrected chi connectivity index (χ3v) is 6.47. The van der Waals surface area contributed by atoms with Crippen molar-refractivity contribution in [3.8, 4) is 5.75 Å². The van der Waals surface area contributed by atoms with Gasteiger partial charge in [-0.1, -0.05) is 31.4 Å². The highest BCUT2D eigenvalue weighted by Crippen LogP contribution is 2.27. The summed E-state index contributed by atoms with van der Waals surface area (Å²) in [5.74, 6) is 0.101. The highest BCUT2D eigenvalue weighted by molar-refractivity contribution is 5.99. The Hall–Kier alpha value is -3.19. The Morgan fingerprint density at radius 2 is 1.91 bits per heavy atom. The molecule has 7 heteroatoms. The van der Waals surface area contributed by atoms with E-state index < -0.39 is 12.1 Å². The van der Waals surface area contributed by atoms with Gasteiger partial charge in [-0.2, -0.15) is 0 Å². The van der Waals surface area contributed by atoms with Gasteiger partial charge in [-0.25, -0.2) is 4.79 Å². The molecule has 34 heavy (non-hydrogen) atoms. The second-order valence-corrected chi connectivity index (χ2v) is 8.82. The van der Waals surface area contributed by atoms with Gasteiger partial charge in [0.15, 0.2) is 11.9 Å². The highest BCUT2D eigenvalue weighted by atomic mass is 16.5. The standard InChI is InChI=1S/C27H32N2O5/c1-2-33-25(27(31)32)16-19-8-10-22(11-9-19)34-15-14-29-13-12-23-24(29)17-21(18-28-23)26(30)20-6-4-3-5-7-20/h8-13,17-18,20,25H,2-7,14-16H2,1H3,(H,31,32). The number of pyridine rings is 1. The molecule has 7 nitrogen and oxygen atoms in total. The lowest BCUT2D eigenvalue weighted by Crippen LogP contribution is -2.26. The lowest BCUT2D eigenvalue weighted by molar-refractivity contribution is -0.149. The molecule has 1 unspecified atom stereocenters. The molecule has 3 aromatic rings. The normalized spacial score (nSPS) is 15.3. The minimum atomic E-state index is -0.959. The first-order valence-corrected chi connectivity index (χ1v) is 12.1. The van der Waals surface area contributed by atoms with Crippen LogP contribution >= 0.6 is 0 Å². The molecule has 1 aliphatic rings. The molecule has 1 saturated carbocycles. The Kier molecular flexibility index (Phi) is 7.95. The number of Topliss-reactive ketones (excluding diaryl/α,β-unsaturated/α-hetero) is 1. The Morgan fingerprint density at radius 1 is 1.15 bits per heavy atom. The fourth-order valence-electron chi connectivity index (χ4n) is 4.61. The van der Waals surface area contributed by atoms with E-state index in [1.165, 1.54) is 6.42 Å². The SMILES string of the molecule is CCOC(Cc1ccc(OCCn2ccc3ncc(C(=O)C4CCCCC4)cc32)cc1)C(=O)O. The van der Waals surface area contributed by atoms with Crippen LogP contribution in [0.2, 0.25) is 0 Å². The maximum absolute atomic E-state index is 12.9. The molecule has 0 radical (unpaired) electrons. The fraction of sp³-hybridized carbons (Fsp3) is 0.444. The summed E-state index contributed by atoms with van der Waals surface area (Å²) in [6, 6.07) is 11.3. The molecule has 0 spiro atoms. The van der Waals surface area contributed by atoms with Crippen LogP contribution in [0.4, 0.5) is 0 Å². The van der Waals surface area contributed by atoms with Crippen LogP contribution in [0.25, 0.3) is 11.0 Å². The van der Waals surface area contributed by atoms with Gasteiger partial charge in [-0.3, -0.25) is 9.78 Å². The average molecular weight is 465 g/mol.